The predicted octanol–water partition coefficient (Wildman–Crippen LogP) is 1.93. The molecule has 1 amide bonds. The van der Waals surface area contributed by atoms with Crippen molar-refractivity contribution in [2.75, 3.05) is 32.5 Å². The van der Waals surface area contributed by atoms with Gasteiger partial charge in [0.2, 0.25) is 0 Å². The predicted molar refractivity (Wildman–Crippen MR) is 79.6 cm³/mol. The molecule has 0 bridgehead atoms. The maximum Gasteiger partial charge on any atom is 0.272 e. The molecule has 0 fully saturated rings. The summed E-state index contributed by atoms with van der Waals surface area (Å²) in [7, 11) is 1.62. The molecule has 0 aliphatic heterocycles. The third-order valence-corrected chi connectivity index (χ3v) is 3.20. The van der Waals surface area contributed by atoms with Crippen molar-refractivity contribution in [1.82, 2.24) is 9.88 Å². The number of aromatic nitrogens is 1. The van der Waals surface area contributed by atoms with Crippen LogP contribution in [-0.2, 0) is 4.74 Å². The number of ether oxygens (including phenoxy) is 1. The largest absolute Gasteiger partial charge is 0.398 e. The Morgan fingerprint density at radius 2 is 2.15 bits per heavy atom. The maximum atomic E-state index is 12.4. The van der Waals surface area contributed by atoms with Gasteiger partial charge in [0.1, 0.15) is 5.69 Å². The highest BCUT2D eigenvalue weighted by atomic mass is 16.5. The fourth-order valence-electron chi connectivity index (χ4n) is 2.08. The summed E-state index contributed by atoms with van der Waals surface area (Å²) in [5.41, 5.74) is 7.68. The summed E-state index contributed by atoms with van der Waals surface area (Å²) in [6.45, 7) is 3.58. The van der Waals surface area contributed by atoms with E-state index in [0.717, 1.165) is 10.9 Å². The Bertz CT molecular complexity index is 613. The minimum Gasteiger partial charge on any atom is -0.398 e. The van der Waals surface area contributed by atoms with Gasteiger partial charge >= 0.3 is 0 Å². The van der Waals surface area contributed by atoms with E-state index in [2.05, 4.69) is 4.98 Å². The molecule has 2 rings (SSSR count). The molecule has 0 unspecified atom stereocenters. The highest BCUT2D eigenvalue weighted by molar-refractivity contribution is 5.99. The van der Waals surface area contributed by atoms with Crippen LogP contribution in [0.5, 0.6) is 0 Å². The lowest BCUT2D eigenvalue weighted by Crippen LogP contribution is -2.34. The quantitative estimate of drug-likeness (QED) is 0.903. The van der Waals surface area contributed by atoms with Crippen LogP contribution in [0.25, 0.3) is 10.9 Å². The molecule has 0 spiro atoms. The molecular weight excluding hydrogens is 254 g/mol. The van der Waals surface area contributed by atoms with Crippen molar-refractivity contribution in [2.45, 2.75) is 6.92 Å². The molecule has 0 saturated heterocycles. The molecule has 1 aromatic carbocycles. The van der Waals surface area contributed by atoms with E-state index in [0.29, 0.717) is 31.1 Å². The fourth-order valence-corrected chi connectivity index (χ4v) is 2.08. The number of hydrogen-bond donors (Lipinski definition) is 1. The number of anilines is 1. The smallest absolute Gasteiger partial charge is 0.272 e. The molecule has 0 aliphatic rings. The van der Waals surface area contributed by atoms with Gasteiger partial charge in [-0.05, 0) is 19.1 Å². The molecule has 20 heavy (non-hydrogen) atoms. The summed E-state index contributed by atoms with van der Waals surface area (Å²) < 4.78 is 5.02. The van der Waals surface area contributed by atoms with Crippen LogP contribution in [-0.4, -0.2) is 42.6 Å². The molecule has 0 atom stereocenters. The zero-order valence-electron chi connectivity index (χ0n) is 11.8. The van der Waals surface area contributed by atoms with Crippen LogP contribution in [0.15, 0.2) is 30.3 Å². The monoisotopic (exact) mass is 273 g/mol. The second-order valence-electron chi connectivity index (χ2n) is 4.49. The number of hydrogen-bond acceptors (Lipinski definition) is 4. The van der Waals surface area contributed by atoms with Crippen LogP contribution in [0.2, 0.25) is 0 Å². The van der Waals surface area contributed by atoms with Gasteiger partial charge in [-0.1, -0.05) is 18.2 Å². The number of carbonyl (C=O) groups is 1. The van der Waals surface area contributed by atoms with Gasteiger partial charge < -0.3 is 15.4 Å². The number of fused-ring (bicyclic) bond motifs is 1. The van der Waals surface area contributed by atoms with E-state index in [1.165, 1.54) is 0 Å². The van der Waals surface area contributed by atoms with Gasteiger partial charge in [0.25, 0.3) is 5.91 Å². The molecule has 1 aromatic heterocycles. The summed E-state index contributed by atoms with van der Waals surface area (Å²) in [4.78, 5) is 18.5. The van der Waals surface area contributed by atoms with Crippen molar-refractivity contribution >= 4 is 22.5 Å². The van der Waals surface area contributed by atoms with E-state index in [1.54, 1.807) is 18.1 Å². The first-order chi connectivity index (χ1) is 9.67. The zero-order chi connectivity index (χ0) is 14.5. The van der Waals surface area contributed by atoms with Gasteiger partial charge in [-0.2, -0.15) is 0 Å². The number of nitrogens with zero attached hydrogens (tertiary/aromatic N) is 2. The second kappa shape index (κ2) is 6.34. The normalized spacial score (nSPS) is 10.7. The number of pyridine rings is 1. The van der Waals surface area contributed by atoms with Gasteiger partial charge in [-0.15, -0.1) is 0 Å². The van der Waals surface area contributed by atoms with E-state index in [9.17, 15) is 4.79 Å². The first kappa shape index (κ1) is 14.3. The van der Waals surface area contributed by atoms with Gasteiger partial charge in [-0.3, -0.25) is 4.79 Å². The molecule has 5 heteroatoms. The Morgan fingerprint density at radius 3 is 2.85 bits per heavy atom. The molecule has 2 aromatic rings. The summed E-state index contributed by atoms with van der Waals surface area (Å²) in [5, 5.41) is 0.865. The lowest BCUT2D eigenvalue weighted by Gasteiger charge is -2.20. The van der Waals surface area contributed by atoms with Gasteiger partial charge in [-0.25, -0.2) is 4.98 Å². The molecule has 106 valence electrons. The van der Waals surface area contributed by atoms with Crippen LogP contribution in [0, 0.1) is 0 Å². The average Bonchev–Trinajstić information content (AvgIpc) is 2.47. The fraction of sp³-hybridized carbons (Fsp3) is 0.333. The number of likely N-dealkylation sites (N-methyl/N-ethyl adjacent to an activating group) is 1. The first-order valence-electron chi connectivity index (χ1n) is 6.60. The van der Waals surface area contributed by atoms with Crippen molar-refractivity contribution in [3.05, 3.63) is 36.0 Å². The SMILES string of the molecule is CCN(CCOC)C(=O)c1cc(N)c2ccccc2n1. The lowest BCUT2D eigenvalue weighted by atomic mass is 10.1. The van der Waals surface area contributed by atoms with Crippen molar-refractivity contribution < 1.29 is 9.53 Å². The molecular formula is C15H19N3O2. The van der Waals surface area contributed by atoms with Crippen molar-refractivity contribution in [2.24, 2.45) is 0 Å². The van der Waals surface area contributed by atoms with Crippen LogP contribution in [0.3, 0.4) is 0 Å². The highest BCUT2D eigenvalue weighted by Gasteiger charge is 2.16. The third-order valence-electron chi connectivity index (χ3n) is 3.20. The van der Waals surface area contributed by atoms with Gasteiger partial charge in [0.05, 0.1) is 12.1 Å². The Balaban J connectivity index is 2.34. The minimum absolute atomic E-state index is 0.123. The van der Waals surface area contributed by atoms with Crippen LogP contribution in [0.1, 0.15) is 17.4 Å². The average molecular weight is 273 g/mol. The van der Waals surface area contributed by atoms with E-state index in [4.69, 9.17) is 10.5 Å². The lowest BCUT2D eigenvalue weighted by molar-refractivity contribution is 0.0701. The van der Waals surface area contributed by atoms with E-state index >= 15 is 0 Å². The number of carbonyl (C=O) groups excluding carboxylic acids is 1. The van der Waals surface area contributed by atoms with Gasteiger partial charge in [0, 0.05) is 31.3 Å². The molecule has 1 heterocycles. The Hall–Kier alpha value is -2.14. The first-order valence-corrected chi connectivity index (χ1v) is 6.60. The summed E-state index contributed by atoms with van der Waals surface area (Å²) in [6, 6.07) is 9.17. The highest BCUT2D eigenvalue weighted by Crippen LogP contribution is 2.20. The second-order valence-corrected chi connectivity index (χ2v) is 4.49. The molecule has 5 nitrogen and oxygen atoms in total. The maximum absolute atomic E-state index is 12.4. The molecule has 0 saturated carbocycles. The van der Waals surface area contributed by atoms with Crippen molar-refractivity contribution in [3.63, 3.8) is 0 Å². The van der Waals surface area contributed by atoms with Crippen molar-refractivity contribution in [3.8, 4) is 0 Å². The molecule has 0 aliphatic carbocycles. The van der Waals surface area contributed by atoms with Crippen molar-refractivity contribution in [1.29, 1.82) is 0 Å². The number of para-hydroxylation sites is 1. The number of rotatable bonds is 5. The molecule has 2 N–H and O–H groups in total. The Labute approximate surface area is 118 Å². The van der Waals surface area contributed by atoms with Gasteiger partial charge in [0.15, 0.2) is 0 Å². The third kappa shape index (κ3) is 2.88. The van der Waals surface area contributed by atoms with Crippen LogP contribution in [0.4, 0.5) is 5.69 Å². The minimum atomic E-state index is -0.123. The summed E-state index contributed by atoms with van der Waals surface area (Å²) >= 11 is 0. The van der Waals surface area contributed by atoms with E-state index in [-0.39, 0.29) is 5.91 Å². The van der Waals surface area contributed by atoms with E-state index in [1.807, 2.05) is 31.2 Å². The number of nitrogens with two attached hydrogens (primary N) is 1. The standard InChI is InChI=1S/C15H19N3O2/c1-3-18(8-9-20-2)15(19)14-10-12(16)11-6-4-5-7-13(11)17-14/h4-7,10H,3,8-9H2,1-2H3,(H2,16,17). The van der Waals surface area contributed by atoms with Crippen LogP contribution < -0.4 is 5.73 Å². The number of nitrogen functional groups attached to an aromatic ring is 1. The number of amides is 1. The van der Waals surface area contributed by atoms with E-state index < -0.39 is 0 Å². The number of benzene rings is 1. The number of methoxy groups -OCH3 is 1. The zero-order valence-corrected chi connectivity index (χ0v) is 11.8. The molecule has 0 radical (unpaired) electrons. The summed E-state index contributed by atoms with van der Waals surface area (Å²) in [5.74, 6) is -0.123. The Kier molecular flexibility index (Phi) is 4.53. The van der Waals surface area contributed by atoms with Crippen LogP contribution >= 0.6 is 0 Å². The summed E-state index contributed by atoms with van der Waals surface area (Å²) in [6.07, 6.45) is 0. The topological polar surface area (TPSA) is 68.5 Å². The Morgan fingerprint density at radius 1 is 1.40 bits per heavy atom.